The van der Waals surface area contributed by atoms with Gasteiger partial charge in [0, 0.05) is 12.8 Å². The van der Waals surface area contributed by atoms with E-state index in [1.54, 1.807) is 6.92 Å². The summed E-state index contributed by atoms with van der Waals surface area (Å²) in [6.45, 7) is 2.02. The van der Waals surface area contributed by atoms with Gasteiger partial charge in [0.2, 0.25) is 5.91 Å². The van der Waals surface area contributed by atoms with Crippen LogP contribution >= 0.6 is 0 Å². The molecule has 3 atom stereocenters. The van der Waals surface area contributed by atoms with Crippen molar-refractivity contribution in [2.24, 2.45) is 5.92 Å². The number of carboxylic acid groups (broad SMARTS) is 1. The summed E-state index contributed by atoms with van der Waals surface area (Å²) in [5.74, 6) is -1.92. The van der Waals surface area contributed by atoms with E-state index in [1.807, 2.05) is 0 Å². The van der Waals surface area contributed by atoms with Crippen molar-refractivity contribution in [3.8, 4) is 0 Å². The molecule has 0 aromatic heterocycles. The third-order valence-electron chi connectivity index (χ3n) is 3.35. The van der Waals surface area contributed by atoms with Crippen LogP contribution in [0.25, 0.3) is 0 Å². The normalized spacial score (nSPS) is 28.1. The summed E-state index contributed by atoms with van der Waals surface area (Å²) in [6.07, 6.45) is 0.897. The first-order chi connectivity index (χ1) is 7.99. The van der Waals surface area contributed by atoms with Gasteiger partial charge in [-0.15, -0.1) is 0 Å². The Kier molecular flexibility index (Phi) is 3.04. The molecule has 2 aliphatic heterocycles. The van der Waals surface area contributed by atoms with Crippen molar-refractivity contribution >= 4 is 17.8 Å². The molecule has 0 unspecified atom stereocenters. The van der Waals surface area contributed by atoms with Crippen LogP contribution in [-0.2, 0) is 19.1 Å². The lowest BCUT2D eigenvalue weighted by Crippen LogP contribution is -2.44. The minimum atomic E-state index is -0.903. The zero-order chi connectivity index (χ0) is 12.6. The van der Waals surface area contributed by atoms with E-state index in [2.05, 4.69) is 0 Å². The highest BCUT2D eigenvalue weighted by molar-refractivity contribution is 5.87. The average Bonchev–Trinajstić information content (AvgIpc) is 2.83. The molecule has 6 heteroatoms. The molecule has 0 aromatic carbocycles. The van der Waals surface area contributed by atoms with E-state index in [9.17, 15) is 14.4 Å². The standard InChI is InChI=1S/C11H15NO5/c1-6(10(14)15)2-3-9(13)12-5-7-4-8(12)11(16)17-7/h6-8H,2-5H2,1H3,(H,14,15)/t6-,7+,8+/m0/s1. The Morgan fingerprint density at radius 3 is 2.82 bits per heavy atom. The molecule has 2 rings (SSSR count). The number of carbonyl (C=O) groups excluding carboxylic acids is 2. The van der Waals surface area contributed by atoms with Gasteiger partial charge >= 0.3 is 11.9 Å². The second kappa shape index (κ2) is 4.35. The number of ether oxygens (including phenoxy) is 1. The molecule has 2 saturated heterocycles. The van der Waals surface area contributed by atoms with Crippen LogP contribution < -0.4 is 0 Å². The monoisotopic (exact) mass is 241 g/mol. The van der Waals surface area contributed by atoms with Gasteiger partial charge in [0.05, 0.1) is 12.5 Å². The van der Waals surface area contributed by atoms with Crippen LogP contribution in [0.4, 0.5) is 0 Å². The number of hydrogen-bond acceptors (Lipinski definition) is 4. The van der Waals surface area contributed by atoms with Gasteiger partial charge < -0.3 is 14.7 Å². The predicted molar refractivity (Wildman–Crippen MR) is 56.0 cm³/mol. The highest BCUT2D eigenvalue weighted by Gasteiger charge is 2.48. The molecule has 2 heterocycles. The molecule has 0 aliphatic carbocycles. The molecule has 0 aromatic rings. The van der Waals surface area contributed by atoms with Crippen molar-refractivity contribution < 1.29 is 24.2 Å². The highest BCUT2D eigenvalue weighted by Crippen LogP contribution is 2.29. The maximum Gasteiger partial charge on any atom is 0.329 e. The zero-order valence-corrected chi connectivity index (χ0v) is 9.59. The molecule has 0 saturated carbocycles. The van der Waals surface area contributed by atoms with Gasteiger partial charge in [0.15, 0.2) is 0 Å². The Hall–Kier alpha value is -1.59. The maximum atomic E-state index is 11.8. The van der Waals surface area contributed by atoms with Gasteiger partial charge in [0.25, 0.3) is 0 Å². The summed E-state index contributed by atoms with van der Waals surface area (Å²) < 4.78 is 4.98. The number of morpholine rings is 1. The number of carbonyl (C=O) groups is 3. The zero-order valence-electron chi connectivity index (χ0n) is 9.59. The van der Waals surface area contributed by atoms with E-state index in [-0.39, 0.29) is 24.4 Å². The van der Waals surface area contributed by atoms with Crippen LogP contribution in [0.5, 0.6) is 0 Å². The van der Waals surface area contributed by atoms with Crippen molar-refractivity contribution in [2.75, 3.05) is 6.54 Å². The minimum absolute atomic E-state index is 0.151. The fraction of sp³-hybridized carbons (Fsp3) is 0.727. The molecular weight excluding hydrogens is 226 g/mol. The predicted octanol–water partition coefficient (Wildman–Crippen LogP) is 0.0136. The SMILES string of the molecule is C[C@@H](CCC(=O)N1C[C@H]2C[C@@H]1C(=O)O2)C(=O)O. The lowest BCUT2D eigenvalue weighted by Gasteiger charge is -2.25. The molecule has 0 spiro atoms. The minimum Gasteiger partial charge on any atom is -0.481 e. The number of likely N-dealkylation sites (tertiary alicyclic amines) is 1. The average molecular weight is 241 g/mol. The number of esters is 1. The first-order valence-electron chi connectivity index (χ1n) is 5.72. The van der Waals surface area contributed by atoms with Gasteiger partial charge in [0.1, 0.15) is 12.1 Å². The molecule has 0 radical (unpaired) electrons. The second-order valence-electron chi connectivity index (χ2n) is 4.63. The molecule has 2 aliphatic rings. The fourth-order valence-corrected chi connectivity index (χ4v) is 2.23. The van der Waals surface area contributed by atoms with E-state index in [1.165, 1.54) is 4.90 Å². The van der Waals surface area contributed by atoms with Crippen LogP contribution in [0, 0.1) is 5.92 Å². The highest BCUT2D eigenvalue weighted by atomic mass is 16.6. The van der Waals surface area contributed by atoms with E-state index >= 15 is 0 Å². The molecule has 6 nitrogen and oxygen atoms in total. The van der Waals surface area contributed by atoms with Gasteiger partial charge in [-0.3, -0.25) is 9.59 Å². The van der Waals surface area contributed by atoms with Crippen LogP contribution in [0.2, 0.25) is 0 Å². The Balaban J connectivity index is 1.85. The smallest absolute Gasteiger partial charge is 0.329 e. The van der Waals surface area contributed by atoms with Gasteiger partial charge in [-0.2, -0.15) is 0 Å². The Morgan fingerprint density at radius 2 is 2.29 bits per heavy atom. The molecule has 2 fully saturated rings. The van der Waals surface area contributed by atoms with Crippen molar-refractivity contribution in [2.45, 2.75) is 38.3 Å². The molecule has 1 N–H and O–H groups in total. The third kappa shape index (κ3) is 2.25. The van der Waals surface area contributed by atoms with Crippen molar-refractivity contribution in [3.05, 3.63) is 0 Å². The number of amides is 1. The second-order valence-corrected chi connectivity index (χ2v) is 4.63. The summed E-state index contributed by atoms with van der Waals surface area (Å²) in [5, 5.41) is 8.71. The van der Waals surface area contributed by atoms with Crippen LogP contribution in [0.1, 0.15) is 26.2 Å². The Bertz CT molecular complexity index is 367. The number of aliphatic carboxylic acids is 1. The van der Waals surface area contributed by atoms with Gasteiger partial charge in [-0.1, -0.05) is 6.92 Å². The lowest BCUT2D eigenvalue weighted by molar-refractivity contribution is -0.157. The summed E-state index contributed by atoms with van der Waals surface area (Å²) in [6, 6.07) is -0.437. The van der Waals surface area contributed by atoms with E-state index in [4.69, 9.17) is 9.84 Å². The molecular formula is C11H15NO5. The molecule has 1 amide bonds. The number of hydrogen-bond donors (Lipinski definition) is 1. The third-order valence-corrected chi connectivity index (χ3v) is 3.35. The van der Waals surface area contributed by atoms with Crippen molar-refractivity contribution in [3.63, 3.8) is 0 Å². The lowest BCUT2D eigenvalue weighted by atomic mass is 10.1. The first kappa shape index (κ1) is 11.9. The summed E-state index contributed by atoms with van der Waals surface area (Å²) in [5.41, 5.74) is 0. The summed E-state index contributed by atoms with van der Waals surface area (Å²) in [7, 11) is 0. The van der Waals surface area contributed by atoms with Gasteiger partial charge in [-0.05, 0) is 6.42 Å². The quantitative estimate of drug-likeness (QED) is 0.701. The van der Waals surface area contributed by atoms with Crippen molar-refractivity contribution in [1.82, 2.24) is 4.90 Å². The number of fused-ring (bicyclic) bond motifs is 2. The van der Waals surface area contributed by atoms with Crippen molar-refractivity contribution in [1.29, 1.82) is 0 Å². The van der Waals surface area contributed by atoms with Gasteiger partial charge in [-0.25, -0.2) is 4.79 Å². The van der Waals surface area contributed by atoms with E-state index in [0.29, 0.717) is 19.4 Å². The number of nitrogens with zero attached hydrogens (tertiary/aromatic N) is 1. The molecule has 17 heavy (non-hydrogen) atoms. The summed E-state index contributed by atoms with van der Waals surface area (Å²) in [4.78, 5) is 35.3. The largest absolute Gasteiger partial charge is 0.481 e. The van der Waals surface area contributed by atoms with Crippen LogP contribution in [-0.4, -0.2) is 46.5 Å². The van der Waals surface area contributed by atoms with E-state index < -0.39 is 17.9 Å². The van der Waals surface area contributed by atoms with Crippen LogP contribution in [0.3, 0.4) is 0 Å². The molecule has 2 bridgehead atoms. The Morgan fingerprint density at radius 1 is 1.59 bits per heavy atom. The number of rotatable bonds is 4. The van der Waals surface area contributed by atoms with Crippen LogP contribution in [0.15, 0.2) is 0 Å². The topological polar surface area (TPSA) is 83.9 Å². The van der Waals surface area contributed by atoms with E-state index in [0.717, 1.165) is 0 Å². The first-order valence-corrected chi connectivity index (χ1v) is 5.72. The molecule has 94 valence electrons. The fourth-order valence-electron chi connectivity index (χ4n) is 2.23. The maximum absolute atomic E-state index is 11.8. The number of carboxylic acids is 1. The summed E-state index contributed by atoms with van der Waals surface area (Å²) >= 11 is 0. The Labute approximate surface area is 98.5 Å².